The van der Waals surface area contributed by atoms with Gasteiger partial charge in [-0.25, -0.2) is 13.4 Å². The molecule has 1 aromatic carbocycles. The molecular formula is C16H13Cl2N3O3S3. The molecule has 3 aromatic rings. The van der Waals surface area contributed by atoms with Crippen LogP contribution in [0.5, 0.6) is 0 Å². The van der Waals surface area contributed by atoms with E-state index in [1.807, 2.05) is 0 Å². The van der Waals surface area contributed by atoms with Crippen LogP contribution in [0.2, 0.25) is 10.0 Å². The van der Waals surface area contributed by atoms with Gasteiger partial charge in [0, 0.05) is 6.54 Å². The van der Waals surface area contributed by atoms with Crippen molar-refractivity contribution in [3.05, 3.63) is 39.7 Å². The molecule has 27 heavy (non-hydrogen) atoms. The quantitative estimate of drug-likeness (QED) is 0.621. The van der Waals surface area contributed by atoms with Gasteiger partial charge in [0.25, 0.3) is 10.0 Å². The fraction of sp³-hybridized carbons (Fsp3) is 0.250. The Balaban J connectivity index is 1.58. The summed E-state index contributed by atoms with van der Waals surface area (Å²) in [5.41, 5.74) is 0.513. The van der Waals surface area contributed by atoms with E-state index in [1.165, 1.54) is 15.6 Å². The Kier molecular flexibility index (Phi) is 5.17. The zero-order valence-corrected chi connectivity index (χ0v) is 17.6. The number of anilines is 1. The maximum atomic E-state index is 12.8. The van der Waals surface area contributed by atoms with Crippen molar-refractivity contribution in [1.29, 1.82) is 0 Å². The van der Waals surface area contributed by atoms with Gasteiger partial charge >= 0.3 is 0 Å². The predicted octanol–water partition coefficient (Wildman–Crippen LogP) is 4.46. The number of nitrogens with zero attached hydrogens (tertiary/aromatic N) is 2. The third-order valence-corrected chi connectivity index (χ3v) is 9.26. The van der Waals surface area contributed by atoms with Gasteiger partial charge in [-0.2, -0.15) is 4.31 Å². The lowest BCUT2D eigenvalue weighted by molar-refractivity contribution is -0.119. The minimum absolute atomic E-state index is 0.239. The number of hydrogen-bond acceptors (Lipinski definition) is 6. The highest BCUT2D eigenvalue weighted by Crippen LogP contribution is 2.36. The molecule has 1 unspecified atom stereocenters. The topological polar surface area (TPSA) is 79.4 Å². The average molecular weight is 462 g/mol. The number of sulfonamides is 1. The number of nitrogens with one attached hydrogen (secondary N) is 1. The number of halogens is 2. The second-order valence-corrected chi connectivity index (χ2v) is 10.8. The first-order chi connectivity index (χ1) is 12.9. The van der Waals surface area contributed by atoms with Crippen LogP contribution in [-0.4, -0.2) is 36.2 Å². The Hall–Kier alpha value is -1.23. The van der Waals surface area contributed by atoms with E-state index in [-0.39, 0.29) is 4.21 Å². The molecule has 0 saturated carbocycles. The number of benzene rings is 1. The molecule has 0 spiro atoms. The van der Waals surface area contributed by atoms with Gasteiger partial charge in [-0.3, -0.25) is 4.79 Å². The van der Waals surface area contributed by atoms with Crippen molar-refractivity contribution in [2.24, 2.45) is 0 Å². The minimum atomic E-state index is -3.68. The Bertz CT molecular complexity index is 1110. The molecule has 6 nitrogen and oxygen atoms in total. The van der Waals surface area contributed by atoms with Crippen LogP contribution in [0.4, 0.5) is 5.13 Å². The molecule has 1 aliphatic heterocycles. The predicted molar refractivity (Wildman–Crippen MR) is 110 cm³/mol. The molecule has 1 fully saturated rings. The van der Waals surface area contributed by atoms with Gasteiger partial charge < -0.3 is 5.32 Å². The van der Waals surface area contributed by atoms with Crippen molar-refractivity contribution in [2.75, 3.05) is 11.9 Å². The van der Waals surface area contributed by atoms with Gasteiger partial charge in [-0.1, -0.05) is 40.6 Å². The van der Waals surface area contributed by atoms with Crippen LogP contribution in [0.25, 0.3) is 10.2 Å². The number of fused-ring (bicyclic) bond motifs is 1. The minimum Gasteiger partial charge on any atom is -0.301 e. The third-order valence-electron chi connectivity index (χ3n) is 4.25. The molecule has 0 bridgehead atoms. The first-order valence-corrected chi connectivity index (χ1v) is 11.9. The molecule has 1 atom stereocenters. The van der Waals surface area contributed by atoms with Crippen LogP contribution < -0.4 is 5.32 Å². The second-order valence-electron chi connectivity index (χ2n) is 5.92. The van der Waals surface area contributed by atoms with Crippen LogP contribution in [0.1, 0.15) is 12.8 Å². The number of aromatic nitrogens is 1. The van der Waals surface area contributed by atoms with E-state index in [2.05, 4.69) is 10.3 Å². The molecule has 1 amide bonds. The average Bonchev–Trinajstić information content (AvgIpc) is 3.38. The summed E-state index contributed by atoms with van der Waals surface area (Å²) in [7, 11) is -3.68. The summed E-state index contributed by atoms with van der Waals surface area (Å²) in [6.45, 7) is 0.319. The molecule has 0 aliphatic carbocycles. The molecule has 2 aromatic heterocycles. The molecule has 4 rings (SSSR count). The van der Waals surface area contributed by atoms with E-state index in [0.29, 0.717) is 40.1 Å². The Morgan fingerprint density at radius 1 is 1.30 bits per heavy atom. The Labute approximate surface area is 173 Å². The fourth-order valence-electron chi connectivity index (χ4n) is 3.00. The van der Waals surface area contributed by atoms with Gasteiger partial charge in [0.1, 0.15) is 15.8 Å². The first-order valence-electron chi connectivity index (χ1n) is 7.98. The van der Waals surface area contributed by atoms with Crippen molar-refractivity contribution >= 4 is 77.2 Å². The Morgan fingerprint density at radius 2 is 2.11 bits per heavy atom. The van der Waals surface area contributed by atoms with Crippen LogP contribution in [0.15, 0.2) is 33.9 Å². The van der Waals surface area contributed by atoms with Gasteiger partial charge in [0.05, 0.1) is 14.7 Å². The molecule has 1 aliphatic rings. The number of carbonyl (C=O) groups is 1. The van der Waals surface area contributed by atoms with Gasteiger partial charge in [0.2, 0.25) is 5.91 Å². The van der Waals surface area contributed by atoms with E-state index in [9.17, 15) is 13.2 Å². The highest BCUT2D eigenvalue weighted by atomic mass is 35.5. The second kappa shape index (κ2) is 7.31. The van der Waals surface area contributed by atoms with E-state index in [0.717, 1.165) is 16.0 Å². The van der Waals surface area contributed by atoms with Crippen LogP contribution >= 0.6 is 45.9 Å². The van der Waals surface area contributed by atoms with Crippen molar-refractivity contribution in [3.8, 4) is 0 Å². The summed E-state index contributed by atoms with van der Waals surface area (Å²) >= 11 is 14.6. The lowest BCUT2D eigenvalue weighted by Crippen LogP contribution is -2.42. The normalized spacial score (nSPS) is 18.2. The number of rotatable bonds is 4. The highest BCUT2D eigenvalue weighted by Gasteiger charge is 2.40. The maximum Gasteiger partial charge on any atom is 0.253 e. The lowest BCUT2D eigenvalue weighted by Gasteiger charge is -2.22. The smallest absolute Gasteiger partial charge is 0.253 e. The molecule has 11 heteroatoms. The molecule has 142 valence electrons. The molecule has 1 N–H and O–H groups in total. The summed E-state index contributed by atoms with van der Waals surface area (Å²) in [5.74, 6) is -0.395. The number of amides is 1. The molecule has 1 saturated heterocycles. The monoisotopic (exact) mass is 461 g/mol. The Morgan fingerprint density at radius 3 is 2.85 bits per heavy atom. The van der Waals surface area contributed by atoms with Crippen LogP contribution in [0, 0.1) is 0 Å². The third kappa shape index (κ3) is 3.48. The number of thiophene rings is 1. The zero-order chi connectivity index (χ0) is 19.2. The van der Waals surface area contributed by atoms with Crippen LogP contribution in [0.3, 0.4) is 0 Å². The van der Waals surface area contributed by atoms with E-state index in [1.54, 1.807) is 29.6 Å². The molecule has 3 heterocycles. The number of carbonyl (C=O) groups excluding carboxylic acids is 1. The SMILES string of the molecule is O=C(Nc1nc2c(Cl)c(Cl)ccc2s1)C1CCCN1S(=O)(=O)c1cccs1. The summed E-state index contributed by atoms with van der Waals surface area (Å²) in [4.78, 5) is 17.1. The van der Waals surface area contributed by atoms with E-state index >= 15 is 0 Å². The maximum absolute atomic E-state index is 12.8. The van der Waals surface area contributed by atoms with Crippen LogP contribution in [-0.2, 0) is 14.8 Å². The van der Waals surface area contributed by atoms with Crippen molar-refractivity contribution in [1.82, 2.24) is 9.29 Å². The summed E-state index contributed by atoms with van der Waals surface area (Å²) < 4.78 is 27.9. The van der Waals surface area contributed by atoms with Crippen molar-refractivity contribution in [3.63, 3.8) is 0 Å². The first kappa shape index (κ1) is 19.1. The number of hydrogen-bond donors (Lipinski definition) is 1. The fourth-order valence-corrected chi connectivity index (χ4v) is 7.06. The summed E-state index contributed by atoms with van der Waals surface area (Å²) in [6.07, 6.45) is 1.10. The summed E-state index contributed by atoms with van der Waals surface area (Å²) in [6, 6.07) is 5.91. The standard InChI is InChI=1S/C16H13Cl2N3O3S3/c17-9-5-6-11-14(13(9)18)19-16(26-11)20-15(22)10-3-1-7-21(10)27(23,24)12-4-2-8-25-12/h2,4-6,8,10H,1,3,7H2,(H,19,20,22). The van der Waals surface area contributed by atoms with E-state index < -0.39 is 22.0 Å². The number of thiazole rings is 1. The zero-order valence-electron chi connectivity index (χ0n) is 13.7. The molecule has 0 radical (unpaired) electrons. The lowest BCUT2D eigenvalue weighted by atomic mass is 10.2. The van der Waals surface area contributed by atoms with Gasteiger partial charge in [-0.05, 0) is 36.4 Å². The highest BCUT2D eigenvalue weighted by molar-refractivity contribution is 7.91. The van der Waals surface area contributed by atoms with Crippen molar-refractivity contribution in [2.45, 2.75) is 23.1 Å². The summed E-state index contributed by atoms with van der Waals surface area (Å²) in [5, 5.41) is 5.51. The van der Waals surface area contributed by atoms with E-state index in [4.69, 9.17) is 23.2 Å². The largest absolute Gasteiger partial charge is 0.301 e. The molecular weight excluding hydrogens is 449 g/mol. The van der Waals surface area contributed by atoms with Crippen molar-refractivity contribution < 1.29 is 13.2 Å². The van der Waals surface area contributed by atoms with Gasteiger partial charge in [-0.15, -0.1) is 11.3 Å². The van der Waals surface area contributed by atoms with Gasteiger partial charge in [0.15, 0.2) is 5.13 Å².